The van der Waals surface area contributed by atoms with Crippen molar-refractivity contribution in [1.82, 2.24) is 0 Å². The van der Waals surface area contributed by atoms with E-state index in [2.05, 4.69) is 19.6 Å². The molecule has 3 nitrogen and oxygen atoms in total. The summed E-state index contributed by atoms with van der Waals surface area (Å²) in [5, 5.41) is 8.93. The minimum Gasteiger partial charge on any atom is -0.459 e. The van der Waals surface area contributed by atoms with Crippen LogP contribution in [-0.2, 0) is 9.53 Å². The fraction of sp³-hybridized carbons (Fsp3) is 0.762. The Labute approximate surface area is 147 Å². The molecule has 136 valence electrons. The van der Waals surface area contributed by atoms with Crippen molar-refractivity contribution in [1.29, 1.82) is 0 Å². The molecular weight excluding hydrogens is 300 g/mol. The molecular formula is C21H34O3. The zero-order valence-electron chi connectivity index (χ0n) is 15.3. The lowest BCUT2D eigenvalue weighted by atomic mass is 9.76. The van der Waals surface area contributed by atoms with Gasteiger partial charge in [-0.05, 0) is 56.8 Å². The van der Waals surface area contributed by atoms with E-state index in [0.29, 0.717) is 5.92 Å². The second kappa shape index (κ2) is 10.0. The van der Waals surface area contributed by atoms with Gasteiger partial charge in [-0.25, -0.2) is 4.79 Å². The highest BCUT2D eigenvalue weighted by Crippen LogP contribution is 2.38. The first kappa shape index (κ1) is 19.2. The van der Waals surface area contributed by atoms with Crippen LogP contribution in [0.1, 0.15) is 77.6 Å². The largest absolute Gasteiger partial charge is 0.459 e. The number of aliphatic hydroxyl groups is 1. The average molecular weight is 335 g/mol. The molecule has 0 radical (unpaired) electrons. The number of hydrogen-bond acceptors (Lipinski definition) is 3. The molecule has 0 saturated heterocycles. The predicted molar refractivity (Wildman–Crippen MR) is 97.6 cm³/mol. The molecule has 1 fully saturated rings. The van der Waals surface area contributed by atoms with Crippen molar-refractivity contribution >= 4 is 5.97 Å². The van der Waals surface area contributed by atoms with E-state index in [9.17, 15) is 4.79 Å². The van der Waals surface area contributed by atoms with Crippen molar-refractivity contribution < 1.29 is 14.6 Å². The van der Waals surface area contributed by atoms with E-state index < -0.39 is 5.97 Å². The van der Waals surface area contributed by atoms with Crippen LogP contribution in [0.4, 0.5) is 0 Å². The average Bonchev–Trinajstić information content (AvgIpc) is 2.62. The van der Waals surface area contributed by atoms with Crippen LogP contribution in [0.25, 0.3) is 0 Å². The molecule has 2 rings (SSSR count). The van der Waals surface area contributed by atoms with E-state index in [1.165, 1.54) is 44.9 Å². The van der Waals surface area contributed by atoms with Gasteiger partial charge in [0.05, 0.1) is 12.2 Å². The van der Waals surface area contributed by atoms with Gasteiger partial charge in [0.15, 0.2) is 0 Å². The van der Waals surface area contributed by atoms with Gasteiger partial charge >= 0.3 is 5.97 Å². The van der Waals surface area contributed by atoms with Gasteiger partial charge in [-0.3, -0.25) is 0 Å². The van der Waals surface area contributed by atoms with Crippen molar-refractivity contribution in [2.24, 2.45) is 11.8 Å². The third-order valence-corrected chi connectivity index (χ3v) is 5.72. The van der Waals surface area contributed by atoms with Crippen molar-refractivity contribution in [3.8, 4) is 0 Å². The van der Waals surface area contributed by atoms with E-state index >= 15 is 0 Å². The van der Waals surface area contributed by atoms with Crippen molar-refractivity contribution in [3.63, 3.8) is 0 Å². The Morgan fingerprint density at radius 3 is 2.58 bits per heavy atom. The molecule has 2 aliphatic rings. The van der Waals surface area contributed by atoms with Gasteiger partial charge in [-0.15, -0.1) is 0 Å². The monoisotopic (exact) mass is 334 g/mol. The summed E-state index contributed by atoms with van der Waals surface area (Å²) in [4.78, 5) is 11.7. The first-order chi connectivity index (χ1) is 11.6. The molecule has 1 N–H and O–H groups in total. The summed E-state index contributed by atoms with van der Waals surface area (Å²) in [7, 11) is 0. The molecule has 0 amide bonds. The Kier molecular flexibility index (Phi) is 8.04. The van der Waals surface area contributed by atoms with E-state index in [-0.39, 0.29) is 18.3 Å². The van der Waals surface area contributed by atoms with Gasteiger partial charge in [0.25, 0.3) is 0 Å². The van der Waals surface area contributed by atoms with Gasteiger partial charge < -0.3 is 9.84 Å². The fourth-order valence-electron chi connectivity index (χ4n) is 4.08. The van der Waals surface area contributed by atoms with Gasteiger partial charge in [-0.1, -0.05) is 50.8 Å². The zero-order valence-corrected chi connectivity index (χ0v) is 15.3. The topological polar surface area (TPSA) is 46.5 Å². The number of hydrogen-bond donors (Lipinski definition) is 1. The summed E-state index contributed by atoms with van der Waals surface area (Å²) >= 11 is 0. The second-order valence-electron chi connectivity index (χ2n) is 7.56. The van der Waals surface area contributed by atoms with Crippen molar-refractivity contribution in [2.75, 3.05) is 6.61 Å². The Balaban J connectivity index is 1.71. The third-order valence-electron chi connectivity index (χ3n) is 5.72. The molecule has 3 heteroatoms. The number of allylic oxidation sites excluding steroid dienone is 2. The van der Waals surface area contributed by atoms with Gasteiger partial charge in [0, 0.05) is 0 Å². The number of unbranched alkanes of at least 4 members (excludes halogenated alkanes) is 2. The van der Waals surface area contributed by atoms with Crippen molar-refractivity contribution in [2.45, 2.75) is 83.7 Å². The Morgan fingerprint density at radius 1 is 1.25 bits per heavy atom. The lowest BCUT2D eigenvalue weighted by Gasteiger charge is -2.32. The fourth-order valence-corrected chi connectivity index (χ4v) is 4.08. The van der Waals surface area contributed by atoms with Crippen LogP contribution in [0, 0.1) is 11.8 Å². The van der Waals surface area contributed by atoms with E-state index in [0.717, 1.165) is 31.6 Å². The van der Waals surface area contributed by atoms with Crippen LogP contribution >= 0.6 is 0 Å². The summed E-state index contributed by atoms with van der Waals surface area (Å²) in [5.41, 5.74) is 1.81. The highest BCUT2D eigenvalue weighted by molar-refractivity contribution is 5.88. The molecule has 0 spiro atoms. The first-order valence-electron chi connectivity index (χ1n) is 9.82. The summed E-state index contributed by atoms with van der Waals surface area (Å²) in [6.45, 7) is 5.48. The smallest absolute Gasteiger partial charge is 0.336 e. The highest BCUT2D eigenvalue weighted by Gasteiger charge is 2.28. The maximum atomic E-state index is 11.7. The van der Waals surface area contributed by atoms with Gasteiger partial charge in [0.2, 0.25) is 0 Å². The maximum Gasteiger partial charge on any atom is 0.336 e. The Hall–Kier alpha value is -1.09. The molecule has 1 unspecified atom stereocenters. The molecule has 0 aliphatic heterocycles. The predicted octanol–water partition coefficient (Wildman–Crippen LogP) is 4.94. The molecule has 2 aliphatic carbocycles. The first-order valence-corrected chi connectivity index (χ1v) is 9.82. The minimum absolute atomic E-state index is 0.00281. The van der Waals surface area contributed by atoms with Crippen LogP contribution in [-0.4, -0.2) is 23.8 Å². The molecule has 0 bridgehead atoms. The summed E-state index contributed by atoms with van der Waals surface area (Å²) < 4.78 is 5.43. The molecule has 0 heterocycles. The third kappa shape index (κ3) is 5.77. The molecule has 1 saturated carbocycles. The number of esters is 1. The van der Waals surface area contributed by atoms with E-state index in [4.69, 9.17) is 9.84 Å². The van der Waals surface area contributed by atoms with Gasteiger partial charge in [0.1, 0.15) is 6.10 Å². The van der Waals surface area contributed by atoms with E-state index in [1.54, 1.807) is 5.57 Å². The maximum absolute atomic E-state index is 11.7. The number of carbonyl (C=O) groups excluding carboxylic acids is 1. The standard InChI is InChI=1S/C21H34O3/c1-3-4-5-6-17-7-9-18(10-8-17)19-11-13-20(14-12-19)24-21(23)16(2)15-22/h9,17,19-20,22H,2-8,10-15H2,1H3. The summed E-state index contributed by atoms with van der Waals surface area (Å²) in [6, 6.07) is 0. The Bertz CT molecular complexity index is 444. The second-order valence-corrected chi connectivity index (χ2v) is 7.56. The molecule has 1 atom stereocenters. The quantitative estimate of drug-likeness (QED) is 0.296. The van der Waals surface area contributed by atoms with Crippen LogP contribution in [0.5, 0.6) is 0 Å². The zero-order chi connectivity index (χ0) is 17.4. The molecule has 24 heavy (non-hydrogen) atoms. The lowest BCUT2D eigenvalue weighted by Crippen LogP contribution is -2.26. The SMILES string of the molecule is C=C(CO)C(=O)OC1CCC(C2=CCC(CCCCC)CC2)CC1. The number of rotatable bonds is 8. The van der Waals surface area contributed by atoms with Gasteiger partial charge in [-0.2, -0.15) is 0 Å². The number of carbonyl (C=O) groups is 1. The number of ether oxygens (including phenoxy) is 1. The molecule has 0 aromatic carbocycles. The lowest BCUT2D eigenvalue weighted by molar-refractivity contribution is -0.146. The van der Waals surface area contributed by atoms with E-state index in [1.807, 2.05) is 0 Å². The summed E-state index contributed by atoms with van der Waals surface area (Å²) in [6.07, 6.45) is 16.0. The molecule has 0 aromatic heterocycles. The van der Waals surface area contributed by atoms with Crippen molar-refractivity contribution in [3.05, 3.63) is 23.8 Å². The highest BCUT2D eigenvalue weighted by atomic mass is 16.5. The van der Waals surface area contributed by atoms with Crippen LogP contribution in [0.2, 0.25) is 0 Å². The number of aliphatic hydroxyl groups excluding tert-OH is 1. The minimum atomic E-state index is -0.437. The van der Waals surface area contributed by atoms with Crippen LogP contribution < -0.4 is 0 Å². The molecule has 0 aromatic rings. The van der Waals surface area contributed by atoms with Crippen LogP contribution in [0.15, 0.2) is 23.8 Å². The normalized spacial score (nSPS) is 27.4. The summed E-state index contributed by atoms with van der Waals surface area (Å²) in [5.74, 6) is 1.16. The Morgan fingerprint density at radius 2 is 2.00 bits per heavy atom. The van der Waals surface area contributed by atoms with Crippen LogP contribution in [0.3, 0.4) is 0 Å².